The smallest absolute Gasteiger partial charge is 0.253 e. The molecular weight excluding hydrogens is 388 g/mol. The van der Waals surface area contributed by atoms with Crippen molar-refractivity contribution in [2.45, 2.75) is 38.6 Å². The highest BCUT2D eigenvalue weighted by Crippen LogP contribution is 2.22. The molecule has 160 valence electrons. The van der Waals surface area contributed by atoms with Gasteiger partial charge >= 0.3 is 0 Å². The molecule has 1 aliphatic rings. The SMILES string of the molecule is O=C(CCc1ccc(-c2ccccc2)o1)NCc1ccc(C(=O)N2CCCCC2)cc1. The molecule has 2 heterocycles. The van der Waals surface area contributed by atoms with Crippen LogP contribution in [-0.2, 0) is 17.8 Å². The van der Waals surface area contributed by atoms with Crippen molar-refractivity contribution in [2.75, 3.05) is 13.1 Å². The van der Waals surface area contributed by atoms with E-state index in [4.69, 9.17) is 4.42 Å². The third-order valence-corrected chi connectivity index (χ3v) is 5.65. The Bertz CT molecular complexity index is 1000. The van der Waals surface area contributed by atoms with Gasteiger partial charge in [0.05, 0.1) is 0 Å². The molecule has 0 spiro atoms. The average molecular weight is 417 g/mol. The van der Waals surface area contributed by atoms with E-state index in [9.17, 15) is 9.59 Å². The van der Waals surface area contributed by atoms with E-state index >= 15 is 0 Å². The lowest BCUT2D eigenvalue weighted by Crippen LogP contribution is -2.35. The van der Waals surface area contributed by atoms with Crippen molar-refractivity contribution in [1.82, 2.24) is 10.2 Å². The van der Waals surface area contributed by atoms with Crippen LogP contribution in [0.15, 0.2) is 71.1 Å². The molecule has 1 fully saturated rings. The van der Waals surface area contributed by atoms with Gasteiger partial charge in [-0.1, -0.05) is 42.5 Å². The van der Waals surface area contributed by atoms with Crippen molar-refractivity contribution in [1.29, 1.82) is 0 Å². The van der Waals surface area contributed by atoms with Gasteiger partial charge in [0.2, 0.25) is 5.91 Å². The summed E-state index contributed by atoms with van der Waals surface area (Å²) >= 11 is 0. The van der Waals surface area contributed by atoms with Crippen LogP contribution in [0.4, 0.5) is 0 Å². The van der Waals surface area contributed by atoms with Crippen molar-refractivity contribution >= 4 is 11.8 Å². The highest BCUT2D eigenvalue weighted by molar-refractivity contribution is 5.94. The highest BCUT2D eigenvalue weighted by Gasteiger charge is 2.17. The highest BCUT2D eigenvalue weighted by atomic mass is 16.3. The molecule has 31 heavy (non-hydrogen) atoms. The first-order valence-corrected chi connectivity index (χ1v) is 11.0. The Morgan fingerprint density at radius 2 is 1.61 bits per heavy atom. The van der Waals surface area contributed by atoms with Gasteiger partial charge in [0, 0.05) is 43.6 Å². The minimum Gasteiger partial charge on any atom is -0.461 e. The van der Waals surface area contributed by atoms with Crippen LogP contribution in [0.3, 0.4) is 0 Å². The van der Waals surface area contributed by atoms with Gasteiger partial charge < -0.3 is 14.6 Å². The fourth-order valence-corrected chi connectivity index (χ4v) is 3.84. The summed E-state index contributed by atoms with van der Waals surface area (Å²) in [5.74, 6) is 1.69. The zero-order valence-corrected chi connectivity index (χ0v) is 17.7. The zero-order valence-electron chi connectivity index (χ0n) is 17.7. The minimum atomic E-state index is -0.0221. The van der Waals surface area contributed by atoms with Crippen LogP contribution in [0.5, 0.6) is 0 Å². The number of piperidine rings is 1. The number of nitrogens with zero attached hydrogens (tertiary/aromatic N) is 1. The quantitative estimate of drug-likeness (QED) is 0.601. The largest absolute Gasteiger partial charge is 0.461 e. The maximum Gasteiger partial charge on any atom is 0.253 e. The summed E-state index contributed by atoms with van der Waals surface area (Å²) in [4.78, 5) is 26.7. The van der Waals surface area contributed by atoms with E-state index < -0.39 is 0 Å². The van der Waals surface area contributed by atoms with Gasteiger partial charge in [0.25, 0.3) is 5.91 Å². The molecule has 1 aromatic heterocycles. The summed E-state index contributed by atoms with van der Waals surface area (Å²) in [7, 11) is 0. The predicted molar refractivity (Wildman–Crippen MR) is 121 cm³/mol. The minimum absolute atomic E-state index is 0.0221. The number of amides is 2. The third kappa shape index (κ3) is 5.63. The number of hydrogen-bond donors (Lipinski definition) is 1. The second kappa shape index (κ2) is 10.1. The molecule has 5 nitrogen and oxygen atoms in total. The summed E-state index contributed by atoms with van der Waals surface area (Å²) in [5, 5.41) is 2.94. The fourth-order valence-electron chi connectivity index (χ4n) is 3.84. The van der Waals surface area contributed by atoms with Crippen molar-refractivity contribution in [3.05, 3.63) is 83.6 Å². The summed E-state index contributed by atoms with van der Waals surface area (Å²) in [6, 6.07) is 21.3. The molecule has 3 aromatic rings. The Balaban J connectivity index is 1.23. The number of aryl methyl sites for hydroxylation is 1. The number of hydrogen-bond acceptors (Lipinski definition) is 3. The Morgan fingerprint density at radius 1 is 0.871 bits per heavy atom. The van der Waals surface area contributed by atoms with E-state index in [0.29, 0.717) is 24.9 Å². The Morgan fingerprint density at radius 3 is 2.35 bits per heavy atom. The first-order chi connectivity index (χ1) is 15.2. The number of nitrogens with one attached hydrogen (secondary N) is 1. The molecule has 0 radical (unpaired) electrons. The number of rotatable bonds is 7. The molecule has 0 atom stereocenters. The average Bonchev–Trinajstić information content (AvgIpc) is 3.31. The van der Waals surface area contributed by atoms with Gasteiger partial charge in [-0.2, -0.15) is 0 Å². The number of furan rings is 1. The van der Waals surface area contributed by atoms with E-state index in [0.717, 1.165) is 48.6 Å². The second-order valence-corrected chi connectivity index (χ2v) is 7.96. The summed E-state index contributed by atoms with van der Waals surface area (Å²) < 4.78 is 5.85. The second-order valence-electron chi connectivity index (χ2n) is 7.96. The Kier molecular flexibility index (Phi) is 6.82. The number of carbonyl (C=O) groups excluding carboxylic acids is 2. The number of benzene rings is 2. The zero-order chi connectivity index (χ0) is 21.5. The van der Waals surface area contributed by atoms with Crippen LogP contribution >= 0.6 is 0 Å². The normalized spacial score (nSPS) is 13.7. The first kappa shape index (κ1) is 20.9. The molecule has 5 heteroatoms. The summed E-state index contributed by atoms with van der Waals surface area (Å²) in [5.41, 5.74) is 2.72. The lowest BCUT2D eigenvalue weighted by molar-refractivity contribution is -0.121. The van der Waals surface area contributed by atoms with E-state index in [1.54, 1.807) is 0 Å². The van der Waals surface area contributed by atoms with Crippen LogP contribution in [0, 0.1) is 0 Å². The van der Waals surface area contributed by atoms with Gasteiger partial charge in [-0.15, -0.1) is 0 Å². The molecule has 1 aliphatic heterocycles. The molecule has 0 unspecified atom stereocenters. The van der Waals surface area contributed by atoms with Gasteiger partial charge in [-0.3, -0.25) is 9.59 Å². The standard InChI is InChI=1S/C26H28N2O3/c29-25(16-14-23-13-15-24(31-23)21-7-3-1-4-8-21)27-19-20-9-11-22(12-10-20)26(30)28-17-5-2-6-18-28/h1,3-4,7-13,15H,2,5-6,14,16-19H2,(H,27,29). The molecule has 0 bridgehead atoms. The maximum atomic E-state index is 12.5. The number of likely N-dealkylation sites (tertiary alicyclic amines) is 1. The van der Waals surface area contributed by atoms with Crippen molar-refractivity contribution in [3.8, 4) is 11.3 Å². The van der Waals surface area contributed by atoms with E-state index in [1.807, 2.05) is 71.6 Å². The number of carbonyl (C=O) groups is 2. The van der Waals surface area contributed by atoms with E-state index in [2.05, 4.69) is 5.32 Å². The molecule has 0 aliphatic carbocycles. The molecule has 1 saturated heterocycles. The van der Waals surface area contributed by atoms with Gasteiger partial charge in [0.1, 0.15) is 11.5 Å². The first-order valence-electron chi connectivity index (χ1n) is 11.0. The Hall–Kier alpha value is -3.34. The lowest BCUT2D eigenvalue weighted by atomic mass is 10.1. The molecule has 2 aromatic carbocycles. The summed E-state index contributed by atoms with van der Waals surface area (Å²) in [6.07, 6.45) is 4.30. The monoisotopic (exact) mass is 416 g/mol. The lowest BCUT2D eigenvalue weighted by Gasteiger charge is -2.26. The molecule has 1 N–H and O–H groups in total. The van der Waals surface area contributed by atoms with Crippen molar-refractivity contribution in [2.24, 2.45) is 0 Å². The molecule has 0 saturated carbocycles. The molecular formula is C26H28N2O3. The topological polar surface area (TPSA) is 62.6 Å². The van der Waals surface area contributed by atoms with Gasteiger partial charge in [-0.25, -0.2) is 0 Å². The van der Waals surface area contributed by atoms with Gasteiger partial charge in [0.15, 0.2) is 0 Å². The van der Waals surface area contributed by atoms with E-state index in [-0.39, 0.29) is 11.8 Å². The van der Waals surface area contributed by atoms with Crippen LogP contribution in [-0.4, -0.2) is 29.8 Å². The predicted octanol–water partition coefficient (Wildman–Crippen LogP) is 4.82. The Labute approximate surface area is 183 Å². The van der Waals surface area contributed by atoms with Crippen molar-refractivity contribution < 1.29 is 14.0 Å². The van der Waals surface area contributed by atoms with Crippen molar-refractivity contribution in [3.63, 3.8) is 0 Å². The fraction of sp³-hybridized carbons (Fsp3) is 0.308. The van der Waals surface area contributed by atoms with Crippen LogP contribution < -0.4 is 5.32 Å². The van der Waals surface area contributed by atoms with Crippen LogP contribution in [0.25, 0.3) is 11.3 Å². The maximum absolute atomic E-state index is 12.5. The third-order valence-electron chi connectivity index (χ3n) is 5.65. The van der Waals surface area contributed by atoms with Gasteiger partial charge in [-0.05, 0) is 49.1 Å². The van der Waals surface area contributed by atoms with Crippen LogP contribution in [0.2, 0.25) is 0 Å². The van der Waals surface area contributed by atoms with Crippen LogP contribution in [0.1, 0.15) is 47.4 Å². The molecule has 2 amide bonds. The van der Waals surface area contributed by atoms with E-state index in [1.165, 1.54) is 6.42 Å². The molecule has 4 rings (SSSR count). The summed E-state index contributed by atoms with van der Waals surface area (Å²) in [6.45, 7) is 2.14.